The first-order valence-electron chi connectivity index (χ1n) is 2.65. The van der Waals surface area contributed by atoms with Crippen LogP contribution in [0.15, 0.2) is 24.3 Å². The third-order valence-corrected chi connectivity index (χ3v) is 1.08. The van der Waals surface area contributed by atoms with Crippen molar-refractivity contribution in [2.75, 3.05) is 0 Å². The van der Waals surface area contributed by atoms with Gasteiger partial charge in [-0.15, -0.1) is 12.1 Å². The van der Waals surface area contributed by atoms with Crippen molar-refractivity contribution >= 4 is 0 Å². The van der Waals surface area contributed by atoms with E-state index >= 15 is 0 Å². The van der Waals surface area contributed by atoms with Crippen molar-refractivity contribution in [3.8, 4) is 6.07 Å². The van der Waals surface area contributed by atoms with E-state index in [2.05, 4.69) is 6.92 Å². The average Bonchev–Trinajstić information content (AvgIpc) is 1.90. The maximum Gasteiger partial charge on any atom is 0.0969 e. The molecule has 0 bridgehead atoms. The van der Waals surface area contributed by atoms with Gasteiger partial charge in [0.05, 0.1) is 6.07 Å². The second kappa shape index (κ2) is 4.14. The minimum atomic E-state index is 0. The Labute approximate surface area is 74.9 Å². The van der Waals surface area contributed by atoms with Gasteiger partial charge < -0.3 is 0 Å². The molecule has 10 heavy (non-hydrogen) atoms. The van der Waals surface area contributed by atoms with Gasteiger partial charge in [-0.1, -0.05) is 0 Å². The van der Waals surface area contributed by atoms with Crippen molar-refractivity contribution < 1.29 is 21.1 Å². The fourth-order valence-electron chi connectivity index (χ4n) is 0.579. The zero-order valence-electron chi connectivity index (χ0n) is 5.37. The van der Waals surface area contributed by atoms with Crippen LogP contribution in [0.1, 0.15) is 11.1 Å². The second-order valence-electron chi connectivity index (χ2n) is 1.81. The maximum absolute atomic E-state index is 8.36. The molecule has 0 aliphatic carbocycles. The number of nitriles is 1. The molecule has 0 radical (unpaired) electrons. The Bertz CT molecular complexity index is 232. The van der Waals surface area contributed by atoms with Crippen LogP contribution in [0.3, 0.4) is 0 Å². The molecule has 0 spiro atoms. The Morgan fingerprint density at radius 2 is 1.70 bits per heavy atom. The van der Waals surface area contributed by atoms with Crippen LogP contribution < -0.4 is 0 Å². The van der Waals surface area contributed by atoms with Gasteiger partial charge in [0.2, 0.25) is 0 Å². The molecule has 1 aromatic rings. The van der Waals surface area contributed by atoms with Gasteiger partial charge in [-0.3, -0.25) is 0 Å². The molecule has 0 aromatic heterocycles. The zero-order chi connectivity index (χ0) is 6.69. The Balaban J connectivity index is 0.000000810. The molecule has 0 aliphatic heterocycles. The minimum absolute atomic E-state index is 0. The van der Waals surface area contributed by atoms with Crippen LogP contribution in [0, 0.1) is 18.3 Å². The molecule has 1 nitrogen and oxygen atoms in total. The summed E-state index contributed by atoms with van der Waals surface area (Å²) in [6.07, 6.45) is 0. The van der Waals surface area contributed by atoms with E-state index in [4.69, 9.17) is 5.26 Å². The molecule has 2 heteroatoms. The monoisotopic (exact) mass is 300 g/mol. The van der Waals surface area contributed by atoms with Gasteiger partial charge in [0.15, 0.2) is 0 Å². The first-order chi connectivity index (χ1) is 4.33. The predicted octanol–water partition coefficient (Wildman–Crippen LogP) is 1.74. The molecule has 1 aromatic carbocycles. The first kappa shape index (κ1) is 9.27. The van der Waals surface area contributed by atoms with Gasteiger partial charge in [0.1, 0.15) is 0 Å². The van der Waals surface area contributed by atoms with E-state index in [-0.39, 0.29) is 21.1 Å². The van der Waals surface area contributed by atoms with Gasteiger partial charge in [0.25, 0.3) is 0 Å². The van der Waals surface area contributed by atoms with Crippen molar-refractivity contribution in [1.82, 2.24) is 0 Å². The van der Waals surface area contributed by atoms with Crippen molar-refractivity contribution in [1.29, 1.82) is 5.26 Å². The molecule has 0 saturated heterocycles. The Kier molecular flexibility index (Phi) is 3.84. The number of hydrogen-bond acceptors (Lipinski definition) is 1. The van der Waals surface area contributed by atoms with E-state index in [1.54, 1.807) is 12.1 Å². The van der Waals surface area contributed by atoms with Crippen molar-refractivity contribution in [3.63, 3.8) is 0 Å². The Morgan fingerprint density at radius 3 is 2.10 bits per heavy atom. The minimum Gasteiger partial charge on any atom is -0.199 e. The summed E-state index contributed by atoms with van der Waals surface area (Å²) in [4.78, 5) is 0. The molecule has 50 valence electrons. The van der Waals surface area contributed by atoms with E-state index in [1.165, 1.54) is 0 Å². The van der Waals surface area contributed by atoms with Gasteiger partial charge in [-0.05, 0) is 0 Å². The van der Waals surface area contributed by atoms with Crippen molar-refractivity contribution in [3.05, 3.63) is 42.3 Å². The van der Waals surface area contributed by atoms with Crippen LogP contribution >= 0.6 is 0 Å². The Morgan fingerprint density at radius 1 is 1.20 bits per heavy atom. The SMILES string of the molecule is [CH2-]c1ccc(C#N)cc1.[W]. The molecule has 1 rings (SSSR count). The van der Waals surface area contributed by atoms with Crippen LogP contribution in [0.25, 0.3) is 0 Å². The average molecular weight is 300 g/mol. The van der Waals surface area contributed by atoms with Crippen molar-refractivity contribution in [2.45, 2.75) is 0 Å². The summed E-state index contributed by atoms with van der Waals surface area (Å²) in [5.41, 5.74) is 1.62. The standard InChI is InChI=1S/C8H6N.W/c1-7-2-4-8(6-9)5-3-7;/h2-5H,1H2;/q-1;. The molecule has 0 fully saturated rings. The molecule has 0 atom stereocenters. The largest absolute Gasteiger partial charge is 0.199 e. The fraction of sp³-hybridized carbons (Fsp3) is 0. The molecular formula is C8H6NW-. The van der Waals surface area contributed by atoms with E-state index < -0.39 is 0 Å². The third kappa shape index (κ3) is 2.25. The van der Waals surface area contributed by atoms with E-state index in [0.717, 1.165) is 5.56 Å². The van der Waals surface area contributed by atoms with Gasteiger partial charge >= 0.3 is 0 Å². The predicted molar refractivity (Wildman–Crippen MR) is 35.6 cm³/mol. The third-order valence-electron chi connectivity index (χ3n) is 1.08. The van der Waals surface area contributed by atoms with E-state index in [1.807, 2.05) is 18.2 Å². The molecule has 0 amide bonds. The van der Waals surface area contributed by atoms with Crippen LogP contribution in [-0.2, 0) is 21.1 Å². The zero-order valence-corrected chi connectivity index (χ0v) is 8.31. The molecule has 0 heterocycles. The van der Waals surface area contributed by atoms with Gasteiger partial charge in [-0.25, -0.2) is 0 Å². The molecule has 0 unspecified atom stereocenters. The molecule has 0 N–H and O–H groups in total. The summed E-state index contributed by atoms with van der Waals surface area (Å²) in [5.74, 6) is 0. The van der Waals surface area contributed by atoms with Crippen LogP contribution in [0.4, 0.5) is 0 Å². The van der Waals surface area contributed by atoms with Crippen LogP contribution in [0.2, 0.25) is 0 Å². The maximum atomic E-state index is 8.36. The summed E-state index contributed by atoms with van der Waals surface area (Å²) >= 11 is 0. The summed E-state index contributed by atoms with van der Waals surface area (Å²) in [5, 5.41) is 8.36. The molecular weight excluding hydrogens is 294 g/mol. The number of nitrogens with zero attached hydrogens (tertiary/aromatic N) is 1. The van der Waals surface area contributed by atoms with Crippen molar-refractivity contribution in [2.24, 2.45) is 0 Å². The fourth-order valence-corrected chi connectivity index (χ4v) is 0.579. The summed E-state index contributed by atoms with van der Waals surface area (Å²) < 4.78 is 0. The normalized spacial score (nSPS) is 7.50. The quantitative estimate of drug-likeness (QED) is 0.670. The van der Waals surface area contributed by atoms with E-state index in [9.17, 15) is 0 Å². The van der Waals surface area contributed by atoms with E-state index in [0.29, 0.717) is 5.56 Å². The smallest absolute Gasteiger partial charge is 0.0969 e. The summed E-state index contributed by atoms with van der Waals surface area (Å²) in [7, 11) is 0. The number of rotatable bonds is 0. The first-order valence-corrected chi connectivity index (χ1v) is 2.65. The van der Waals surface area contributed by atoms with Gasteiger partial charge in [0, 0.05) is 26.6 Å². The molecule has 0 aliphatic rings. The van der Waals surface area contributed by atoms with Crippen LogP contribution in [0.5, 0.6) is 0 Å². The van der Waals surface area contributed by atoms with Crippen LogP contribution in [-0.4, -0.2) is 0 Å². The number of hydrogen-bond donors (Lipinski definition) is 0. The summed E-state index contributed by atoms with van der Waals surface area (Å²) in [6.45, 7) is 3.69. The Hall–Kier alpha value is -0.732. The summed E-state index contributed by atoms with van der Waals surface area (Å²) in [6, 6.07) is 9.17. The van der Waals surface area contributed by atoms with Gasteiger partial charge in [-0.2, -0.15) is 29.9 Å². The number of benzene rings is 1. The molecule has 0 saturated carbocycles. The topological polar surface area (TPSA) is 23.8 Å². The second-order valence-corrected chi connectivity index (χ2v) is 1.81.